The van der Waals surface area contributed by atoms with Crippen LogP contribution in [0.3, 0.4) is 0 Å². The quantitative estimate of drug-likeness (QED) is 0.362. The summed E-state index contributed by atoms with van der Waals surface area (Å²) < 4.78 is 12.8. The number of aryl methyl sites for hydroxylation is 1. The molecule has 2 unspecified atom stereocenters. The predicted octanol–water partition coefficient (Wildman–Crippen LogP) is 4.67. The van der Waals surface area contributed by atoms with E-state index in [0.717, 1.165) is 29.1 Å². The first-order valence-corrected chi connectivity index (χ1v) is 12.4. The molecule has 1 N–H and O–H groups in total. The van der Waals surface area contributed by atoms with Gasteiger partial charge in [0.15, 0.2) is 6.10 Å². The van der Waals surface area contributed by atoms with E-state index in [0.29, 0.717) is 25.1 Å². The first-order valence-electron chi connectivity index (χ1n) is 11.5. The summed E-state index contributed by atoms with van der Waals surface area (Å²) in [6.45, 7) is 3.80. The van der Waals surface area contributed by atoms with Crippen molar-refractivity contribution in [1.29, 1.82) is 0 Å². The summed E-state index contributed by atoms with van der Waals surface area (Å²) >= 11 is 1.52. The second kappa shape index (κ2) is 12.3. The number of benzene rings is 1. The van der Waals surface area contributed by atoms with Crippen LogP contribution >= 0.6 is 11.3 Å². The number of aromatic carboxylic acids is 1. The van der Waals surface area contributed by atoms with Crippen molar-refractivity contribution in [3.8, 4) is 0 Å². The summed E-state index contributed by atoms with van der Waals surface area (Å²) in [6, 6.07) is 10.4. The van der Waals surface area contributed by atoms with Gasteiger partial charge in [-0.1, -0.05) is 31.5 Å². The number of unbranched alkanes of at least 4 members (excludes halogenated alkanes) is 1. The maximum atomic E-state index is 12.9. The Labute approximate surface area is 208 Å². The Morgan fingerprint density at radius 3 is 2.49 bits per heavy atom. The van der Waals surface area contributed by atoms with Crippen LogP contribution in [0, 0.1) is 5.92 Å². The second-order valence-corrected chi connectivity index (χ2v) is 9.27. The van der Waals surface area contributed by atoms with Gasteiger partial charge < -0.3 is 19.1 Å². The minimum atomic E-state index is -0.993. The van der Waals surface area contributed by atoms with Gasteiger partial charge in [-0.25, -0.2) is 9.78 Å². The highest BCUT2D eigenvalue weighted by molar-refractivity contribution is 7.09. The Morgan fingerprint density at radius 1 is 1.17 bits per heavy atom. The van der Waals surface area contributed by atoms with E-state index in [1.54, 1.807) is 30.5 Å². The molecule has 0 saturated heterocycles. The largest absolute Gasteiger partial charge is 0.478 e. The summed E-state index contributed by atoms with van der Waals surface area (Å²) in [5.41, 5.74) is 1.66. The first-order chi connectivity index (χ1) is 16.8. The van der Waals surface area contributed by atoms with Gasteiger partial charge in [0, 0.05) is 24.8 Å². The monoisotopic (exact) mass is 498 g/mol. The second-order valence-electron chi connectivity index (χ2n) is 8.23. The lowest BCUT2D eigenvalue weighted by Crippen LogP contribution is -2.30. The number of ether oxygens (including phenoxy) is 2. The van der Waals surface area contributed by atoms with Crippen molar-refractivity contribution in [2.45, 2.75) is 52.2 Å². The zero-order valence-corrected chi connectivity index (χ0v) is 20.9. The Hall–Kier alpha value is -3.46. The summed E-state index contributed by atoms with van der Waals surface area (Å²) in [5.74, 6) is -1.93. The number of hydrogen-bond donors (Lipinski definition) is 1. The average molecular weight is 499 g/mol. The number of aromatic nitrogens is 2. The lowest BCUT2D eigenvalue weighted by molar-refractivity contribution is -0.160. The van der Waals surface area contributed by atoms with Crippen LogP contribution in [0.2, 0.25) is 0 Å². The molecule has 0 fully saturated rings. The molecule has 0 saturated carbocycles. The van der Waals surface area contributed by atoms with E-state index < -0.39 is 29.9 Å². The molecular weight excluding hydrogens is 468 g/mol. The SMILES string of the molecule is CCCCc1ncc(C(OC(C)=O)C(Cc2cccs2)C(=O)OC)n1Cc1ccc(C(=O)O)cc1. The van der Waals surface area contributed by atoms with Crippen molar-refractivity contribution in [2.75, 3.05) is 7.11 Å². The molecule has 3 rings (SSSR count). The molecule has 8 nitrogen and oxygen atoms in total. The highest BCUT2D eigenvalue weighted by atomic mass is 32.1. The minimum absolute atomic E-state index is 0.199. The van der Waals surface area contributed by atoms with Crippen molar-refractivity contribution in [2.24, 2.45) is 5.92 Å². The van der Waals surface area contributed by atoms with Gasteiger partial charge in [0.2, 0.25) is 0 Å². The highest BCUT2D eigenvalue weighted by Crippen LogP contribution is 2.33. The summed E-state index contributed by atoms with van der Waals surface area (Å²) in [6.07, 6.45) is 3.72. The maximum Gasteiger partial charge on any atom is 0.335 e. The third-order valence-corrected chi connectivity index (χ3v) is 6.62. The number of carboxylic acids is 1. The normalized spacial score (nSPS) is 12.7. The van der Waals surface area contributed by atoms with Crippen molar-refractivity contribution < 1.29 is 29.0 Å². The molecule has 0 aliphatic carbocycles. The molecule has 2 atom stereocenters. The van der Waals surface area contributed by atoms with E-state index >= 15 is 0 Å². The highest BCUT2D eigenvalue weighted by Gasteiger charge is 2.36. The molecular formula is C26H30N2O6S. The molecule has 0 bridgehead atoms. The van der Waals surface area contributed by atoms with Crippen LogP contribution in [0.5, 0.6) is 0 Å². The number of carboxylic acid groups (broad SMARTS) is 1. The molecule has 35 heavy (non-hydrogen) atoms. The molecule has 3 aromatic rings. The van der Waals surface area contributed by atoms with E-state index in [1.807, 2.05) is 22.1 Å². The fraction of sp³-hybridized carbons (Fsp3) is 0.385. The smallest absolute Gasteiger partial charge is 0.335 e. The summed E-state index contributed by atoms with van der Waals surface area (Å²) in [4.78, 5) is 41.9. The molecule has 2 heterocycles. The van der Waals surface area contributed by atoms with Gasteiger partial charge >= 0.3 is 17.9 Å². The van der Waals surface area contributed by atoms with Crippen LogP contribution in [0.25, 0.3) is 0 Å². The Kier molecular flexibility index (Phi) is 9.19. The number of carbonyl (C=O) groups excluding carboxylic acids is 2. The maximum absolute atomic E-state index is 12.9. The summed E-state index contributed by atoms with van der Waals surface area (Å²) in [5, 5.41) is 11.1. The number of carbonyl (C=O) groups is 3. The molecule has 0 aliphatic heterocycles. The zero-order chi connectivity index (χ0) is 25.4. The molecule has 186 valence electrons. The fourth-order valence-electron chi connectivity index (χ4n) is 3.95. The standard InChI is InChI=1S/C26H30N2O6S/c1-4-5-8-23-27-15-22(28(23)16-18-9-11-19(12-10-18)25(30)31)24(34-17(2)29)21(26(32)33-3)14-20-7-6-13-35-20/h6-7,9-13,15,21,24H,4-5,8,14,16H2,1-3H3,(H,30,31). The van der Waals surface area contributed by atoms with E-state index in [2.05, 4.69) is 11.9 Å². The minimum Gasteiger partial charge on any atom is -0.478 e. The number of rotatable bonds is 12. The third-order valence-electron chi connectivity index (χ3n) is 5.72. The molecule has 2 aromatic heterocycles. The predicted molar refractivity (Wildman–Crippen MR) is 131 cm³/mol. The van der Waals surface area contributed by atoms with Crippen LogP contribution < -0.4 is 0 Å². The van der Waals surface area contributed by atoms with Gasteiger partial charge in [0.1, 0.15) is 11.7 Å². The van der Waals surface area contributed by atoms with Gasteiger partial charge in [-0.05, 0) is 42.0 Å². The summed E-state index contributed by atoms with van der Waals surface area (Å²) in [7, 11) is 1.32. The third kappa shape index (κ3) is 6.79. The van der Waals surface area contributed by atoms with Crippen LogP contribution in [0.15, 0.2) is 48.0 Å². The van der Waals surface area contributed by atoms with Crippen LogP contribution in [0.4, 0.5) is 0 Å². The molecule has 9 heteroatoms. The Balaban J connectivity index is 2.05. The average Bonchev–Trinajstić information content (AvgIpc) is 3.49. The van der Waals surface area contributed by atoms with Crippen LogP contribution in [0.1, 0.15) is 65.1 Å². The molecule has 0 amide bonds. The number of nitrogens with zero attached hydrogens (tertiary/aromatic N) is 2. The van der Waals surface area contributed by atoms with E-state index in [-0.39, 0.29) is 5.56 Å². The van der Waals surface area contributed by atoms with Gasteiger partial charge in [-0.3, -0.25) is 9.59 Å². The van der Waals surface area contributed by atoms with Gasteiger partial charge in [0.25, 0.3) is 0 Å². The molecule has 0 spiro atoms. The number of hydrogen-bond acceptors (Lipinski definition) is 7. The van der Waals surface area contributed by atoms with E-state index in [4.69, 9.17) is 9.47 Å². The van der Waals surface area contributed by atoms with Crippen LogP contribution in [-0.4, -0.2) is 39.7 Å². The zero-order valence-electron chi connectivity index (χ0n) is 20.1. The topological polar surface area (TPSA) is 108 Å². The molecule has 1 aromatic carbocycles. The van der Waals surface area contributed by atoms with Crippen LogP contribution in [-0.2, 0) is 38.4 Å². The molecule has 0 radical (unpaired) electrons. The lowest BCUT2D eigenvalue weighted by Gasteiger charge is -2.26. The van der Waals surface area contributed by atoms with Gasteiger partial charge in [-0.15, -0.1) is 11.3 Å². The fourth-order valence-corrected chi connectivity index (χ4v) is 4.71. The van der Waals surface area contributed by atoms with Crippen molar-refractivity contribution in [1.82, 2.24) is 9.55 Å². The van der Waals surface area contributed by atoms with Crippen molar-refractivity contribution in [3.63, 3.8) is 0 Å². The number of thiophene rings is 1. The first kappa shape index (κ1) is 26.2. The van der Waals surface area contributed by atoms with Crippen molar-refractivity contribution in [3.05, 3.63) is 75.5 Å². The number of imidazole rings is 1. The Morgan fingerprint density at radius 2 is 1.91 bits per heavy atom. The van der Waals surface area contributed by atoms with E-state index in [1.165, 1.54) is 25.4 Å². The Bertz CT molecular complexity index is 1140. The number of methoxy groups -OCH3 is 1. The van der Waals surface area contributed by atoms with Gasteiger partial charge in [0.05, 0.1) is 24.6 Å². The van der Waals surface area contributed by atoms with Crippen molar-refractivity contribution >= 4 is 29.2 Å². The molecule has 0 aliphatic rings. The van der Waals surface area contributed by atoms with E-state index in [9.17, 15) is 19.5 Å². The number of esters is 2. The lowest BCUT2D eigenvalue weighted by atomic mass is 9.95. The van der Waals surface area contributed by atoms with Gasteiger partial charge in [-0.2, -0.15) is 0 Å².